The Hall–Kier alpha value is -2.28. The molecule has 0 aromatic carbocycles. The fourth-order valence-electron chi connectivity index (χ4n) is 5.49. The van der Waals surface area contributed by atoms with Gasteiger partial charge in [0, 0.05) is 36.5 Å². The summed E-state index contributed by atoms with van der Waals surface area (Å²) >= 11 is 0. The maximum atomic E-state index is 12.6. The first-order chi connectivity index (χ1) is 15.2. The van der Waals surface area contributed by atoms with Crippen molar-refractivity contribution >= 4 is 5.82 Å². The van der Waals surface area contributed by atoms with E-state index < -0.39 is 0 Å². The Morgan fingerprint density at radius 1 is 1.00 bits per heavy atom. The molecule has 0 bridgehead atoms. The maximum absolute atomic E-state index is 12.6. The van der Waals surface area contributed by atoms with Crippen LogP contribution in [0.4, 0.5) is 5.82 Å². The number of fused-ring (bicyclic) bond motifs is 2. The summed E-state index contributed by atoms with van der Waals surface area (Å²) in [6, 6.07) is 2.30. The second-order valence-electron chi connectivity index (χ2n) is 9.35. The van der Waals surface area contributed by atoms with Crippen molar-refractivity contribution in [1.82, 2.24) is 24.6 Å². The van der Waals surface area contributed by atoms with Crippen LogP contribution in [0.2, 0.25) is 0 Å². The van der Waals surface area contributed by atoms with E-state index in [0.717, 1.165) is 62.7 Å². The Kier molecular flexibility index (Phi) is 6.03. The molecule has 1 aliphatic heterocycles. The van der Waals surface area contributed by atoms with E-state index in [9.17, 15) is 4.79 Å². The lowest BCUT2D eigenvalue weighted by Crippen LogP contribution is -2.46. The monoisotopic (exact) mass is 422 g/mol. The number of rotatable bonds is 6. The van der Waals surface area contributed by atoms with Crippen LogP contribution in [-0.4, -0.2) is 50.3 Å². The molecule has 3 heterocycles. The van der Waals surface area contributed by atoms with Crippen molar-refractivity contribution in [2.75, 3.05) is 25.0 Å². The molecule has 1 atom stereocenters. The zero-order valence-electron chi connectivity index (χ0n) is 18.7. The van der Waals surface area contributed by atoms with Gasteiger partial charge in [0.25, 0.3) is 5.56 Å². The topological polar surface area (TPSA) is 75.9 Å². The van der Waals surface area contributed by atoms with Gasteiger partial charge in [0.2, 0.25) is 0 Å². The highest BCUT2D eigenvalue weighted by atomic mass is 16.1. The summed E-state index contributed by atoms with van der Waals surface area (Å²) in [4.78, 5) is 24.4. The molecule has 7 nitrogen and oxygen atoms in total. The molecule has 0 spiro atoms. The van der Waals surface area contributed by atoms with Gasteiger partial charge in [-0.15, -0.1) is 0 Å². The fraction of sp³-hybridized carbons (Fsp3) is 0.667. The summed E-state index contributed by atoms with van der Waals surface area (Å²) in [5.74, 6) is 1.90. The molecule has 0 saturated carbocycles. The molecule has 2 aromatic heterocycles. The van der Waals surface area contributed by atoms with Crippen molar-refractivity contribution in [3.05, 3.63) is 44.8 Å². The predicted octanol–water partition coefficient (Wildman–Crippen LogP) is 2.68. The van der Waals surface area contributed by atoms with E-state index >= 15 is 0 Å². The average Bonchev–Trinajstić information content (AvgIpc) is 3.25. The van der Waals surface area contributed by atoms with Crippen molar-refractivity contribution in [3.8, 4) is 0 Å². The number of hydrogen-bond donors (Lipinski definition) is 1. The fourth-order valence-corrected chi connectivity index (χ4v) is 5.49. The molecule has 2 aliphatic carbocycles. The number of anilines is 1. The number of aromatic nitrogens is 4. The van der Waals surface area contributed by atoms with Crippen molar-refractivity contribution in [1.29, 1.82) is 0 Å². The predicted molar refractivity (Wildman–Crippen MR) is 122 cm³/mol. The minimum absolute atomic E-state index is 0.0550. The minimum atomic E-state index is 0.0550. The summed E-state index contributed by atoms with van der Waals surface area (Å²) in [6.45, 7) is 5.52. The third-order valence-electron chi connectivity index (χ3n) is 7.17. The van der Waals surface area contributed by atoms with Gasteiger partial charge in [-0.05, 0) is 76.8 Å². The van der Waals surface area contributed by atoms with E-state index in [-0.39, 0.29) is 5.56 Å². The SMILES string of the molecule is Cc1nc2c(c(NCC3CCCCN3CCn3nc4c(cc3=O)CCCC4)n1)CCC2. The second kappa shape index (κ2) is 9.07. The van der Waals surface area contributed by atoms with Gasteiger partial charge in [-0.2, -0.15) is 5.10 Å². The Balaban J connectivity index is 1.24. The van der Waals surface area contributed by atoms with E-state index in [1.807, 2.05) is 13.0 Å². The number of piperidine rings is 1. The molecular formula is C24H34N6O. The Morgan fingerprint density at radius 2 is 1.87 bits per heavy atom. The van der Waals surface area contributed by atoms with Crippen molar-refractivity contribution in [2.45, 2.75) is 83.7 Å². The standard InChI is InChI=1S/C24H34N6O/c1-17-26-22-11-6-9-20(22)24(27-17)25-16-19-8-4-5-12-29(19)13-14-30-23(31)15-18-7-2-3-10-21(18)28-30/h15,19H,2-14,16H2,1H3,(H,25,26,27). The molecule has 0 radical (unpaired) electrons. The molecule has 3 aliphatic rings. The van der Waals surface area contributed by atoms with Gasteiger partial charge in [0.1, 0.15) is 11.6 Å². The van der Waals surface area contributed by atoms with Crippen LogP contribution in [-0.2, 0) is 32.2 Å². The van der Waals surface area contributed by atoms with Crippen LogP contribution in [0, 0.1) is 6.92 Å². The number of aryl methyl sites for hydroxylation is 4. The largest absolute Gasteiger partial charge is 0.368 e. The van der Waals surface area contributed by atoms with Gasteiger partial charge >= 0.3 is 0 Å². The molecule has 31 heavy (non-hydrogen) atoms. The molecule has 2 aromatic rings. The molecule has 1 unspecified atom stereocenters. The van der Waals surface area contributed by atoms with Crippen molar-refractivity contribution in [2.24, 2.45) is 0 Å². The lowest BCUT2D eigenvalue weighted by Gasteiger charge is -2.36. The number of hydrogen-bond acceptors (Lipinski definition) is 6. The van der Waals surface area contributed by atoms with Crippen molar-refractivity contribution < 1.29 is 0 Å². The summed E-state index contributed by atoms with van der Waals surface area (Å²) < 4.78 is 1.70. The number of nitrogens with zero attached hydrogens (tertiary/aromatic N) is 5. The first-order valence-corrected chi connectivity index (χ1v) is 12.1. The lowest BCUT2D eigenvalue weighted by molar-refractivity contribution is 0.147. The van der Waals surface area contributed by atoms with Crippen LogP contribution in [0.15, 0.2) is 10.9 Å². The minimum Gasteiger partial charge on any atom is -0.368 e. The zero-order chi connectivity index (χ0) is 21.2. The van der Waals surface area contributed by atoms with E-state index in [4.69, 9.17) is 10.1 Å². The third kappa shape index (κ3) is 4.52. The Labute approximate surface area is 184 Å². The molecular weight excluding hydrogens is 388 g/mol. The average molecular weight is 423 g/mol. The number of likely N-dealkylation sites (tertiary alicyclic amines) is 1. The van der Waals surface area contributed by atoms with Gasteiger partial charge < -0.3 is 5.32 Å². The first-order valence-electron chi connectivity index (χ1n) is 12.1. The second-order valence-corrected chi connectivity index (χ2v) is 9.35. The summed E-state index contributed by atoms with van der Waals surface area (Å²) in [6.07, 6.45) is 11.4. The smallest absolute Gasteiger partial charge is 0.267 e. The molecule has 166 valence electrons. The van der Waals surface area contributed by atoms with Crippen LogP contribution < -0.4 is 10.9 Å². The normalized spacial score (nSPS) is 21.0. The highest BCUT2D eigenvalue weighted by Crippen LogP contribution is 2.27. The highest BCUT2D eigenvalue weighted by molar-refractivity contribution is 5.48. The Bertz CT molecular complexity index is 1000. The van der Waals surface area contributed by atoms with E-state index in [1.54, 1.807) is 4.68 Å². The van der Waals surface area contributed by atoms with E-state index in [1.165, 1.54) is 55.3 Å². The quantitative estimate of drug-likeness (QED) is 0.771. The number of nitrogens with one attached hydrogen (secondary N) is 1. The summed E-state index contributed by atoms with van der Waals surface area (Å²) in [5.41, 5.74) is 4.90. The van der Waals surface area contributed by atoms with Crippen LogP contribution in [0.1, 0.15) is 66.9 Å². The highest BCUT2D eigenvalue weighted by Gasteiger charge is 2.24. The molecule has 1 saturated heterocycles. The van der Waals surface area contributed by atoms with Crippen LogP contribution in [0.3, 0.4) is 0 Å². The van der Waals surface area contributed by atoms with Crippen molar-refractivity contribution in [3.63, 3.8) is 0 Å². The van der Waals surface area contributed by atoms with Gasteiger partial charge in [-0.1, -0.05) is 6.42 Å². The summed E-state index contributed by atoms with van der Waals surface area (Å²) in [7, 11) is 0. The van der Waals surface area contributed by atoms with Gasteiger partial charge in [0.15, 0.2) is 0 Å². The Morgan fingerprint density at radius 3 is 2.81 bits per heavy atom. The van der Waals surface area contributed by atoms with Gasteiger partial charge in [0.05, 0.1) is 12.2 Å². The zero-order valence-corrected chi connectivity index (χ0v) is 18.7. The van der Waals surface area contributed by atoms with Crippen LogP contribution in [0.25, 0.3) is 0 Å². The lowest BCUT2D eigenvalue weighted by atomic mass is 9.97. The van der Waals surface area contributed by atoms with Crippen LogP contribution >= 0.6 is 0 Å². The molecule has 5 rings (SSSR count). The van der Waals surface area contributed by atoms with Crippen LogP contribution in [0.5, 0.6) is 0 Å². The van der Waals surface area contributed by atoms with Gasteiger partial charge in [-0.25, -0.2) is 14.6 Å². The summed E-state index contributed by atoms with van der Waals surface area (Å²) in [5, 5.41) is 8.37. The van der Waals surface area contributed by atoms with Gasteiger partial charge in [-0.3, -0.25) is 9.69 Å². The first kappa shape index (κ1) is 20.6. The third-order valence-corrected chi connectivity index (χ3v) is 7.17. The van der Waals surface area contributed by atoms with E-state index in [0.29, 0.717) is 12.6 Å². The van der Waals surface area contributed by atoms with E-state index in [2.05, 4.69) is 15.2 Å². The maximum Gasteiger partial charge on any atom is 0.267 e. The molecule has 0 amide bonds. The molecule has 1 fully saturated rings. The molecule has 7 heteroatoms. The molecule has 1 N–H and O–H groups in total.